The SMILES string of the molecule is C[C@@H](O)[C@H]1C(=O)N2C(C(=O)O)=C(COc3cccc4c(NCc5cccnc5)cccc34)[C@H](C)[C@H]12. The first kappa shape index (κ1) is 22.9. The van der Waals surface area contributed by atoms with Gasteiger partial charge in [0.15, 0.2) is 0 Å². The van der Waals surface area contributed by atoms with Crippen molar-refractivity contribution in [3.8, 4) is 5.75 Å². The number of amides is 1. The summed E-state index contributed by atoms with van der Waals surface area (Å²) < 4.78 is 6.17. The number of carbonyl (C=O) groups excluding carboxylic acids is 1. The molecule has 0 spiro atoms. The number of hydrogen-bond donors (Lipinski definition) is 3. The zero-order valence-electron chi connectivity index (χ0n) is 19.5. The second-order valence-electron chi connectivity index (χ2n) is 9.09. The quantitative estimate of drug-likeness (QED) is 0.430. The normalized spacial score (nSPS) is 22.1. The van der Waals surface area contributed by atoms with Crippen molar-refractivity contribution in [1.82, 2.24) is 9.88 Å². The number of ether oxygens (including phenoxy) is 1. The summed E-state index contributed by atoms with van der Waals surface area (Å²) in [6, 6.07) is 15.2. The number of aliphatic hydroxyl groups excluding tert-OH is 1. The molecule has 3 heterocycles. The molecule has 1 amide bonds. The molecule has 5 rings (SSSR count). The molecule has 0 radical (unpaired) electrons. The van der Waals surface area contributed by atoms with Crippen LogP contribution >= 0.6 is 0 Å². The molecule has 0 unspecified atom stereocenters. The number of carboxylic acids is 1. The number of aliphatic hydroxyl groups is 1. The summed E-state index contributed by atoms with van der Waals surface area (Å²) in [5.74, 6) is -1.70. The van der Waals surface area contributed by atoms with Crippen LogP contribution in [0.3, 0.4) is 0 Å². The van der Waals surface area contributed by atoms with E-state index in [4.69, 9.17) is 4.74 Å². The van der Waals surface area contributed by atoms with Gasteiger partial charge in [0.1, 0.15) is 18.1 Å². The van der Waals surface area contributed by atoms with Crippen LogP contribution < -0.4 is 10.1 Å². The number of nitrogens with one attached hydrogen (secondary N) is 1. The minimum absolute atomic E-state index is 0.0246. The van der Waals surface area contributed by atoms with Crippen molar-refractivity contribution in [2.45, 2.75) is 32.5 Å². The number of carboxylic acid groups (broad SMARTS) is 1. The summed E-state index contributed by atoms with van der Waals surface area (Å²) in [6.45, 7) is 4.12. The van der Waals surface area contributed by atoms with Crippen LogP contribution in [-0.4, -0.2) is 50.7 Å². The summed E-state index contributed by atoms with van der Waals surface area (Å²) in [5, 5.41) is 25.2. The summed E-state index contributed by atoms with van der Waals surface area (Å²) in [5.41, 5.74) is 2.55. The summed E-state index contributed by atoms with van der Waals surface area (Å²) in [7, 11) is 0. The van der Waals surface area contributed by atoms with Crippen LogP contribution in [0.15, 0.2) is 72.2 Å². The molecular weight excluding hydrogens is 446 g/mol. The number of fused-ring (bicyclic) bond motifs is 2. The van der Waals surface area contributed by atoms with Crippen LogP contribution in [0.1, 0.15) is 19.4 Å². The molecule has 180 valence electrons. The van der Waals surface area contributed by atoms with Gasteiger partial charge in [0.2, 0.25) is 5.91 Å². The van der Waals surface area contributed by atoms with Crippen LogP contribution in [0.4, 0.5) is 5.69 Å². The van der Waals surface area contributed by atoms with Gasteiger partial charge in [-0.15, -0.1) is 0 Å². The second kappa shape index (κ2) is 9.03. The van der Waals surface area contributed by atoms with Gasteiger partial charge in [-0.1, -0.05) is 37.3 Å². The third-order valence-corrected chi connectivity index (χ3v) is 6.99. The van der Waals surface area contributed by atoms with Crippen LogP contribution in [0.2, 0.25) is 0 Å². The lowest BCUT2D eigenvalue weighted by molar-refractivity contribution is -0.163. The summed E-state index contributed by atoms with van der Waals surface area (Å²) in [6.07, 6.45) is 2.72. The monoisotopic (exact) mass is 473 g/mol. The Labute approximate surface area is 202 Å². The lowest BCUT2D eigenvalue weighted by Gasteiger charge is -2.46. The molecule has 2 aromatic carbocycles. The first-order chi connectivity index (χ1) is 16.9. The van der Waals surface area contributed by atoms with E-state index in [-0.39, 0.29) is 30.2 Å². The number of rotatable bonds is 8. The van der Waals surface area contributed by atoms with E-state index in [1.165, 1.54) is 4.90 Å². The van der Waals surface area contributed by atoms with E-state index in [0.29, 0.717) is 17.9 Å². The van der Waals surface area contributed by atoms with Gasteiger partial charge in [-0.25, -0.2) is 4.79 Å². The fourth-order valence-electron chi connectivity index (χ4n) is 5.25. The molecule has 1 fully saturated rings. The van der Waals surface area contributed by atoms with Crippen molar-refractivity contribution in [3.63, 3.8) is 0 Å². The maximum Gasteiger partial charge on any atom is 0.352 e. The van der Waals surface area contributed by atoms with Gasteiger partial charge in [0, 0.05) is 46.9 Å². The molecule has 8 nitrogen and oxygen atoms in total. The van der Waals surface area contributed by atoms with E-state index < -0.39 is 18.0 Å². The Bertz CT molecular complexity index is 1320. The van der Waals surface area contributed by atoms with Crippen molar-refractivity contribution in [2.75, 3.05) is 11.9 Å². The van der Waals surface area contributed by atoms with Crippen molar-refractivity contribution in [1.29, 1.82) is 0 Å². The van der Waals surface area contributed by atoms with E-state index in [9.17, 15) is 19.8 Å². The molecule has 2 aliphatic rings. The average Bonchev–Trinajstić information content (AvgIpc) is 3.09. The third kappa shape index (κ3) is 3.89. The Morgan fingerprint density at radius 2 is 1.94 bits per heavy atom. The number of nitrogens with zero attached hydrogens (tertiary/aromatic N) is 2. The smallest absolute Gasteiger partial charge is 0.352 e. The lowest BCUT2D eigenvalue weighted by atomic mass is 9.78. The van der Waals surface area contributed by atoms with Gasteiger partial charge in [-0.3, -0.25) is 9.78 Å². The van der Waals surface area contributed by atoms with Crippen molar-refractivity contribution in [3.05, 3.63) is 77.8 Å². The average molecular weight is 474 g/mol. The molecule has 1 saturated heterocycles. The van der Waals surface area contributed by atoms with Gasteiger partial charge in [0.25, 0.3) is 0 Å². The molecule has 3 aromatic rings. The topological polar surface area (TPSA) is 112 Å². The number of hydrogen-bond acceptors (Lipinski definition) is 6. The van der Waals surface area contributed by atoms with Crippen molar-refractivity contribution in [2.24, 2.45) is 11.8 Å². The van der Waals surface area contributed by atoms with Crippen LogP contribution in [0.25, 0.3) is 10.8 Å². The van der Waals surface area contributed by atoms with Crippen LogP contribution in [0, 0.1) is 11.8 Å². The highest BCUT2D eigenvalue weighted by atomic mass is 16.5. The van der Waals surface area contributed by atoms with Crippen molar-refractivity contribution < 1.29 is 24.5 Å². The lowest BCUT2D eigenvalue weighted by Crippen LogP contribution is -2.63. The Morgan fingerprint density at radius 1 is 1.17 bits per heavy atom. The Hall–Kier alpha value is -3.91. The number of carbonyl (C=O) groups is 2. The van der Waals surface area contributed by atoms with E-state index in [1.54, 1.807) is 13.1 Å². The maximum absolute atomic E-state index is 12.6. The Balaban J connectivity index is 1.39. The predicted molar refractivity (Wildman–Crippen MR) is 131 cm³/mol. The minimum atomic E-state index is -1.16. The molecule has 0 aliphatic carbocycles. The zero-order valence-corrected chi connectivity index (χ0v) is 19.5. The molecule has 2 aliphatic heterocycles. The van der Waals surface area contributed by atoms with Crippen LogP contribution in [-0.2, 0) is 16.1 Å². The van der Waals surface area contributed by atoms with Gasteiger partial charge >= 0.3 is 5.97 Å². The van der Waals surface area contributed by atoms with E-state index in [2.05, 4.69) is 10.3 Å². The molecular formula is C27H27N3O5. The summed E-state index contributed by atoms with van der Waals surface area (Å²) in [4.78, 5) is 30.1. The Kier molecular flexibility index (Phi) is 5.90. The van der Waals surface area contributed by atoms with Gasteiger partial charge in [-0.2, -0.15) is 0 Å². The first-order valence-corrected chi connectivity index (χ1v) is 11.6. The van der Waals surface area contributed by atoms with Crippen molar-refractivity contribution >= 4 is 28.3 Å². The number of β-lactam (4-membered cyclic amide) rings is 1. The molecule has 3 N–H and O–H groups in total. The van der Waals surface area contributed by atoms with Gasteiger partial charge in [0.05, 0.1) is 18.1 Å². The maximum atomic E-state index is 12.6. The zero-order chi connectivity index (χ0) is 24.7. The highest BCUT2D eigenvalue weighted by Crippen LogP contribution is 2.47. The highest BCUT2D eigenvalue weighted by Gasteiger charge is 2.59. The van der Waals surface area contributed by atoms with Gasteiger partial charge in [-0.05, 0) is 30.7 Å². The van der Waals surface area contributed by atoms with Gasteiger partial charge < -0.3 is 25.2 Å². The van der Waals surface area contributed by atoms with E-state index in [1.807, 2.05) is 61.7 Å². The van der Waals surface area contributed by atoms with E-state index >= 15 is 0 Å². The van der Waals surface area contributed by atoms with E-state index in [0.717, 1.165) is 22.0 Å². The number of benzene rings is 2. The summed E-state index contributed by atoms with van der Waals surface area (Å²) >= 11 is 0. The second-order valence-corrected chi connectivity index (χ2v) is 9.09. The predicted octanol–water partition coefficient (Wildman–Crippen LogP) is 3.42. The standard InChI is InChI=1S/C27H27N3O5/c1-15-20(25(27(33)34)30-24(15)23(16(2)31)26(30)32)14-35-22-10-4-7-18-19(22)8-3-9-21(18)29-13-17-6-5-11-28-12-17/h3-12,15-16,23-24,29,31H,13-14H2,1-2H3,(H,33,34)/t15-,16+,23+,24+/m0/s1. The fraction of sp³-hybridized carbons (Fsp3) is 0.296. The number of aliphatic carboxylic acids is 1. The molecule has 1 aromatic heterocycles. The highest BCUT2D eigenvalue weighted by molar-refractivity contribution is 6.00. The molecule has 0 bridgehead atoms. The number of aromatic nitrogens is 1. The molecule has 35 heavy (non-hydrogen) atoms. The minimum Gasteiger partial charge on any atom is -0.488 e. The number of anilines is 1. The molecule has 8 heteroatoms. The first-order valence-electron chi connectivity index (χ1n) is 11.6. The fourth-order valence-corrected chi connectivity index (χ4v) is 5.25. The third-order valence-electron chi connectivity index (χ3n) is 6.99. The van der Waals surface area contributed by atoms with Crippen LogP contribution in [0.5, 0.6) is 5.75 Å². The molecule has 4 atom stereocenters. The molecule has 0 saturated carbocycles. The largest absolute Gasteiger partial charge is 0.488 e. The Morgan fingerprint density at radius 3 is 2.66 bits per heavy atom. The number of pyridine rings is 1.